The van der Waals surface area contributed by atoms with Crippen LogP contribution in [-0.4, -0.2) is 42.0 Å². The summed E-state index contributed by atoms with van der Waals surface area (Å²) in [4.78, 5) is 0. The molecule has 3 aliphatic rings. The zero-order valence-corrected chi connectivity index (χ0v) is 24.5. The van der Waals surface area contributed by atoms with Crippen LogP contribution in [0.5, 0.6) is 5.75 Å². The molecule has 0 unspecified atom stereocenters. The molecule has 2 N–H and O–H groups in total. The van der Waals surface area contributed by atoms with E-state index in [2.05, 4.69) is 67.8 Å². The van der Waals surface area contributed by atoms with Crippen molar-refractivity contribution in [2.75, 3.05) is 0 Å². The van der Waals surface area contributed by atoms with E-state index in [-0.39, 0.29) is 27.8 Å². The number of hydrogen-bond donors (Lipinski definition) is 2. The van der Waals surface area contributed by atoms with Gasteiger partial charge in [0.2, 0.25) is 0 Å². The molecule has 6 heteroatoms. The molecular formula is C29H40BrCoN2O2+. The van der Waals surface area contributed by atoms with Crippen molar-refractivity contribution < 1.29 is 49.6 Å². The Morgan fingerprint density at radius 3 is 2.11 bits per heavy atom. The molecule has 35 heavy (non-hydrogen) atoms. The number of phenols is 1. The number of halogens is 1. The van der Waals surface area contributed by atoms with Gasteiger partial charge in [-0.1, -0.05) is 0 Å². The van der Waals surface area contributed by atoms with Gasteiger partial charge in [-0.05, 0) is 0 Å². The Hall–Kier alpha value is -1.63. The van der Waals surface area contributed by atoms with Crippen molar-refractivity contribution in [2.45, 2.75) is 91.1 Å². The van der Waals surface area contributed by atoms with E-state index >= 15 is 0 Å². The van der Waals surface area contributed by atoms with Crippen LogP contribution in [0.1, 0.15) is 84.8 Å². The minimum atomic E-state index is -0.141. The van der Waals surface area contributed by atoms with Gasteiger partial charge in [-0.25, -0.2) is 0 Å². The standard InChI is InChI=1S/C29H40N2O2.BrH.Co/c1-19-15-21(27(33)23(16-19)29(5,6)7)18-31-25-14-9-8-13-24(25)30-17-20-11-10-12-22(26(20)32)28(2,3)4;;/h10-12,16-18,24-25,32-33H,1,8-9,13-15H2,2-7H3;1H;/q;;+2/p-1/t24-,25-;;/m1../s1. The van der Waals surface area contributed by atoms with Gasteiger partial charge in [0, 0.05) is 0 Å². The van der Waals surface area contributed by atoms with Gasteiger partial charge in [-0.3, -0.25) is 0 Å². The van der Waals surface area contributed by atoms with Crippen LogP contribution < -0.4 is 17.0 Å². The zero-order chi connectivity index (χ0) is 24.8. The van der Waals surface area contributed by atoms with E-state index in [1.54, 1.807) is 0 Å². The summed E-state index contributed by atoms with van der Waals surface area (Å²) in [6.45, 7) is 17.0. The van der Waals surface area contributed by atoms with E-state index in [1.807, 2.05) is 24.3 Å². The van der Waals surface area contributed by atoms with E-state index in [1.165, 1.54) is 12.8 Å². The van der Waals surface area contributed by atoms with E-state index < -0.39 is 0 Å². The summed E-state index contributed by atoms with van der Waals surface area (Å²) < 4.78 is 4.75. The van der Waals surface area contributed by atoms with Crippen LogP contribution in [0.15, 0.2) is 53.3 Å². The third-order valence-corrected chi connectivity index (χ3v) is 8.43. The average Bonchev–Trinajstić information content (AvgIpc) is 3.08. The van der Waals surface area contributed by atoms with Crippen molar-refractivity contribution >= 4 is 12.4 Å². The molecule has 2 atom stereocenters. The Bertz CT molecular complexity index is 1130. The van der Waals surface area contributed by atoms with Crippen molar-refractivity contribution in [2.24, 2.45) is 5.41 Å². The minimum absolute atomic E-state index is 0. The molecule has 1 aliphatic heterocycles. The molecule has 1 heterocycles. The molecule has 2 fully saturated rings. The number of benzene rings is 1. The average molecular weight is 587 g/mol. The van der Waals surface area contributed by atoms with Gasteiger partial charge in [0.1, 0.15) is 0 Å². The maximum absolute atomic E-state index is 11.1. The largest absolute Gasteiger partial charge is 1.00 e. The number of nitrogens with zero attached hydrogens (tertiary/aromatic N) is 2. The van der Waals surface area contributed by atoms with Crippen LogP contribution in [0, 0.1) is 5.41 Å². The first kappa shape index (κ1) is 27.9. The first-order valence-corrected chi connectivity index (χ1v) is 13.3. The minimum Gasteiger partial charge on any atom is -1.00 e. The van der Waals surface area contributed by atoms with Gasteiger partial charge < -0.3 is 17.0 Å². The molecule has 0 radical (unpaired) electrons. The normalized spacial score (nSPS) is 25.8. The summed E-state index contributed by atoms with van der Waals surface area (Å²) in [6.07, 6.45) is 11.8. The second-order valence-electron chi connectivity index (χ2n) is 11.9. The smallest absolute Gasteiger partial charge is 1.00 e. The number of phenolic OH excluding ortho intramolecular Hbond substituents is 1. The predicted octanol–water partition coefficient (Wildman–Crippen LogP) is 3.19. The zero-order valence-electron chi connectivity index (χ0n) is 21.9. The van der Waals surface area contributed by atoms with Gasteiger partial charge in [0.15, 0.2) is 0 Å². The van der Waals surface area contributed by atoms with E-state index in [0.29, 0.717) is 30.0 Å². The first-order valence-electron chi connectivity index (χ1n) is 12.4. The van der Waals surface area contributed by atoms with Crippen LogP contribution in [0.25, 0.3) is 0 Å². The predicted molar refractivity (Wildman–Crippen MR) is 136 cm³/mol. The summed E-state index contributed by atoms with van der Waals surface area (Å²) in [5.41, 5.74) is 4.53. The maximum Gasteiger partial charge on any atom is -1.00 e. The number of aliphatic hydroxyl groups excluding tert-OH is 1. The molecule has 4 rings (SSSR count). The summed E-state index contributed by atoms with van der Waals surface area (Å²) in [5.74, 6) is 0.781. The van der Waals surface area contributed by atoms with Crippen LogP contribution >= 0.6 is 0 Å². The van der Waals surface area contributed by atoms with Gasteiger partial charge >= 0.3 is 212 Å². The monoisotopic (exact) mass is 586 g/mol. The number of rotatable bonds is 2. The Morgan fingerprint density at radius 1 is 0.943 bits per heavy atom. The molecule has 1 saturated heterocycles. The van der Waals surface area contributed by atoms with Gasteiger partial charge in [0.25, 0.3) is 0 Å². The Morgan fingerprint density at radius 2 is 1.54 bits per heavy atom. The number of fused-ring (bicyclic) bond motifs is 1. The molecule has 2 aliphatic carbocycles. The van der Waals surface area contributed by atoms with Crippen molar-refractivity contribution in [1.82, 2.24) is 0 Å². The Labute approximate surface area is 228 Å². The van der Waals surface area contributed by atoms with Crippen LogP contribution in [0.3, 0.4) is 0 Å². The van der Waals surface area contributed by atoms with E-state index in [4.69, 9.17) is 0 Å². The molecule has 1 aromatic rings. The fourth-order valence-electron chi connectivity index (χ4n) is 5.10. The summed E-state index contributed by atoms with van der Waals surface area (Å²) in [6, 6.07) is 6.86. The molecule has 0 bridgehead atoms. The topological polar surface area (TPSA) is 46.5 Å². The van der Waals surface area contributed by atoms with Gasteiger partial charge in [-0.2, -0.15) is 0 Å². The summed E-state index contributed by atoms with van der Waals surface area (Å²) in [7, 11) is 0. The Balaban J connectivity index is 0.00000342. The third-order valence-electron chi connectivity index (χ3n) is 6.99. The van der Waals surface area contributed by atoms with E-state index in [0.717, 1.165) is 55.8 Å². The van der Waals surface area contributed by atoms with Crippen molar-refractivity contribution in [1.29, 1.82) is 0 Å². The summed E-state index contributed by atoms with van der Waals surface area (Å²) >= 11 is 1.11. The fourth-order valence-corrected chi connectivity index (χ4v) is 6.74. The quantitative estimate of drug-likeness (QED) is 0.559. The SMILES string of the molecule is C=C1C=C(C(C)(C)C)C(O)=C(C=[N+]2[Co][N+](=Cc3cccc(C(C)(C)C)c3O)[C@@H]3CCCC[C@H]32)C1.[Br-]. The molecule has 1 saturated carbocycles. The van der Waals surface area contributed by atoms with Gasteiger partial charge in [0.05, 0.1) is 0 Å². The second kappa shape index (κ2) is 10.4. The van der Waals surface area contributed by atoms with Crippen molar-refractivity contribution in [3.63, 3.8) is 0 Å². The third kappa shape index (κ3) is 5.86. The number of para-hydroxylation sites is 1. The fraction of sp³-hybridized carbons (Fsp3) is 0.517. The summed E-state index contributed by atoms with van der Waals surface area (Å²) in [5, 5.41) is 22.2. The number of aromatic hydroxyl groups is 1. The van der Waals surface area contributed by atoms with Crippen LogP contribution in [0.4, 0.5) is 0 Å². The maximum atomic E-state index is 11.1. The Kier molecular flexibility index (Phi) is 8.29. The molecular weight excluding hydrogens is 547 g/mol. The van der Waals surface area contributed by atoms with Crippen LogP contribution in [0.2, 0.25) is 0 Å². The second-order valence-corrected chi connectivity index (χ2v) is 13.2. The molecule has 193 valence electrons. The van der Waals surface area contributed by atoms with E-state index in [9.17, 15) is 10.2 Å². The number of allylic oxidation sites excluding steroid dienone is 4. The molecule has 0 aromatic heterocycles. The number of hydrogen-bond acceptors (Lipinski definition) is 2. The molecule has 1 aromatic carbocycles. The molecule has 4 nitrogen and oxygen atoms in total. The van der Waals surface area contributed by atoms with Crippen LogP contribution in [-0.2, 0) is 20.5 Å². The van der Waals surface area contributed by atoms with Gasteiger partial charge in [-0.15, -0.1) is 0 Å². The molecule has 0 amide bonds. The number of aliphatic hydroxyl groups is 1. The van der Waals surface area contributed by atoms with Crippen molar-refractivity contribution in [3.8, 4) is 5.75 Å². The first-order chi connectivity index (χ1) is 15.9. The van der Waals surface area contributed by atoms with Crippen molar-refractivity contribution in [3.05, 3.63) is 64.5 Å². The molecule has 0 spiro atoms.